The Hall–Kier alpha value is -3.04. The second-order valence-corrected chi connectivity index (χ2v) is 6.42. The van der Waals surface area contributed by atoms with Crippen LogP contribution in [0, 0.1) is 22.6 Å². The monoisotopic (exact) mass is 401 g/mol. The number of benzene rings is 2. The normalized spacial score (nSPS) is 11.2. The van der Waals surface area contributed by atoms with Crippen molar-refractivity contribution in [2.45, 2.75) is 20.3 Å². The Kier molecular flexibility index (Phi) is 7.85. The van der Waals surface area contributed by atoms with Gasteiger partial charge in [0.05, 0.1) is 35.2 Å². The molecule has 0 aliphatic rings. The van der Waals surface area contributed by atoms with Gasteiger partial charge in [-0.05, 0) is 56.3 Å². The van der Waals surface area contributed by atoms with Gasteiger partial charge in [-0.3, -0.25) is 0 Å². The highest BCUT2D eigenvalue weighted by molar-refractivity contribution is 6.32. The second kappa shape index (κ2) is 10.3. The second-order valence-electron chi connectivity index (χ2n) is 6.01. The van der Waals surface area contributed by atoms with Crippen molar-refractivity contribution in [1.82, 2.24) is 0 Å². The summed E-state index contributed by atoms with van der Waals surface area (Å²) in [4.78, 5) is 0. The number of halogens is 2. The van der Waals surface area contributed by atoms with Gasteiger partial charge in [0, 0.05) is 12.1 Å². The van der Waals surface area contributed by atoms with Crippen LogP contribution in [0.15, 0.2) is 53.9 Å². The topological polar surface area (TPSA) is 78.1 Å². The van der Waals surface area contributed by atoms with Crippen LogP contribution >= 0.6 is 11.6 Å². The van der Waals surface area contributed by atoms with Gasteiger partial charge in [-0.15, -0.1) is 0 Å². The van der Waals surface area contributed by atoms with Crippen LogP contribution in [0.3, 0.4) is 0 Å². The standard InChI is InChI=1S/C21H21ClFN3O2/c1-14(25)21(15(2)26-18-7-4-16(13-24)20(22)12-18)28-11-3-10-27-19-8-5-17(23)6-9-19/h4-9,12,25-26H,3,10-11H2,1-2H3/b21-15+,25-14?. The van der Waals surface area contributed by atoms with Gasteiger partial charge in [-0.2, -0.15) is 5.26 Å². The fourth-order valence-corrected chi connectivity index (χ4v) is 2.63. The van der Waals surface area contributed by atoms with Crippen LogP contribution in [0.2, 0.25) is 5.02 Å². The van der Waals surface area contributed by atoms with E-state index in [1.165, 1.54) is 12.1 Å². The Morgan fingerprint density at radius 1 is 1.18 bits per heavy atom. The molecule has 7 heteroatoms. The molecule has 0 aromatic heterocycles. The van der Waals surface area contributed by atoms with E-state index in [0.717, 1.165) is 0 Å². The van der Waals surface area contributed by atoms with Gasteiger partial charge in [0.2, 0.25) is 0 Å². The molecule has 2 aromatic rings. The third-order valence-corrected chi connectivity index (χ3v) is 4.03. The highest BCUT2D eigenvalue weighted by Crippen LogP contribution is 2.22. The van der Waals surface area contributed by atoms with Crippen molar-refractivity contribution in [3.63, 3.8) is 0 Å². The number of rotatable bonds is 9. The first kappa shape index (κ1) is 21.3. The number of hydrogen-bond acceptors (Lipinski definition) is 5. The highest BCUT2D eigenvalue weighted by Gasteiger charge is 2.09. The van der Waals surface area contributed by atoms with Gasteiger partial charge in [-0.25, -0.2) is 4.39 Å². The molecule has 0 spiro atoms. The van der Waals surface area contributed by atoms with Gasteiger partial charge < -0.3 is 20.2 Å². The molecular formula is C21H21ClFN3O2. The first-order valence-corrected chi connectivity index (χ1v) is 9.02. The molecule has 2 N–H and O–H groups in total. The molecule has 146 valence electrons. The lowest BCUT2D eigenvalue weighted by Crippen LogP contribution is -2.11. The molecule has 0 saturated heterocycles. The van der Waals surface area contributed by atoms with Crippen molar-refractivity contribution in [1.29, 1.82) is 10.7 Å². The van der Waals surface area contributed by atoms with E-state index >= 15 is 0 Å². The zero-order valence-corrected chi connectivity index (χ0v) is 16.4. The largest absolute Gasteiger partial charge is 0.493 e. The first-order chi connectivity index (χ1) is 13.4. The number of nitrogens with one attached hydrogen (secondary N) is 2. The predicted molar refractivity (Wildman–Crippen MR) is 108 cm³/mol. The van der Waals surface area contributed by atoms with Crippen LogP contribution < -0.4 is 10.1 Å². The van der Waals surface area contributed by atoms with Crippen LogP contribution in [0.25, 0.3) is 0 Å². The molecule has 0 heterocycles. The van der Waals surface area contributed by atoms with E-state index in [9.17, 15) is 4.39 Å². The Balaban J connectivity index is 1.90. The minimum atomic E-state index is -0.307. The van der Waals surface area contributed by atoms with E-state index in [2.05, 4.69) is 5.32 Å². The summed E-state index contributed by atoms with van der Waals surface area (Å²) in [7, 11) is 0. The van der Waals surface area contributed by atoms with E-state index in [-0.39, 0.29) is 11.5 Å². The lowest BCUT2D eigenvalue weighted by atomic mass is 10.2. The summed E-state index contributed by atoms with van der Waals surface area (Å²) in [6.07, 6.45) is 0.601. The molecule has 0 aliphatic carbocycles. The summed E-state index contributed by atoms with van der Waals surface area (Å²) < 4.78 is 24.1. The van der Waals surface area contributed by atoms with E-state index in [1.54, 1.807) is 44.2 Å². The summed E-state index contributed by atoms with van der Waals surface area (Å²) in [5.41, 5.74) is 2.04. The summed E-state index contributed by atoms with van der Waals surface area (Å²) in [6, 6.07) is 12.8. The molecular weight excluding hydrogens is 381 g/mol. The van der Waals surface area contributed by atoms with Crippen LogP contribution in [0.1, 0.15) is 25.8 Å². The van der Waals surface area contributed by atoms with Crippen molar-refractivity contribution in [2.24, 2.45) is 0 Å². The summed E-state index contributed by atoms with van der Waals surface area (Å²) in [6.45, 7) is 4.21. The Labute approximate surface area is 168 Å². The summed E-state index contributed by atoms with van der Waals surface area (Å²) >= 11 is 6.05. The number of allylic oxidation sites excluding steroid dienone is 2. The molecule has 0 bridgehead atoms. The molecule has 28 heavy (non-hydrogen) atoms. The van der Waals surface area contributed by atoms with E-state index in [0.29, 0.717) is 53.1 Å². The quantitative estimate of drug-likeness (QED) is 0.329. The smallest absolute Gasteiger partial charge is 0.158 e. The van der Waals surface area contributed by atoms with E-state index in [1.807, 2.05) is 6.07 Å². The number of hydrogen-bond donors (Lipinski definition) is 2. The fourth-order valence-electron chi connectivity index (χ4n) is 2.41. The minimum absolute atomic E-state index is 0.282. The van der Waals surface area contributed by atoms with Crippen molar-refractivity contribution in [2.75, 3.05) is 18.5 Å². The molecule has 0 radical (unpaired) electrons. The average molecular weight is 402 g/mol. The molecule has 0 aliphatic heterocycles. The molecule has 0 fully saturated rings. The zero-order valence-electron chi connectivity index (χ0n) is 15.7. The molecule has 0 saturated carbocycles. The maximum absolute atomic E-state index is 12.9. The van der Waals surface area contributed by atoms with Gasteiger partial charge in [0.1, 0.15) is 17.6 Å². The predicted octanol–water partition coefficient (Wildman–Crippen LogP) is 5.52. The maximum atomic E-state index is 12.9. The third kappa shape index (κ3) is 6.29. The van der Waals surface area contributed by atoms with Crippen molar-refractivity contribution < 1.29 is 13.9 Å². The maximum Gasteiger partial charge on any atom is 0.158 e. The summed E-state index contributed by atoms with van der Waals surface area (Å²) in [5, 5.41) is 20.4. The van der Waals surface area contributed by atoms with Crippen LogP contribution in [0.5, 0.6) is 5.75 Å². The minimum Gasteiger partial charge on any atom is -0.493 e. The lowest BCUT2D eigenvalue weighted by Gasteiger charge is -2.15. The van der Waals surface area contributed by atoms with Gasteiger partial charge in [-0.1, -0.05) is 11.6 Å². The molecule has 5 nitrogen and oxygen atoms in total. The SMILES string of the molecule is CC(=N)/C(OCCCOc1ccc(F)cc1)=C(/C)Nc1ccc(C#N)c(Cl)c1. The van der Waals surface area contributed by atoms with Crippen molar-refractivity contribution in [3.8, 4) is 11.8 Å². The molecule has 0 unspecified atom stereocenters. The Morgan fingerprint density at radius 2 is 1.89 bits per heavy atom. The highest BCUT2D eigenvalue weighted by atomic mass is 35.5. The first-order valence-electron chi connectivity index (χ1n) is 8.65. The Morgan fingerprint density at radius 3 is 2.50 bits per heavy atom. The number of ether oxygens (including phenoxy) is 2. The van der Waals surface area contributed by atoms with E-state index < -0.39 is 0 Å². The molecule has 2 aromatic carbocycles. The van der Waals surface area contributed by atoms with E-state index in [4.69, 9.17) is 31.7 Å². The molecule has 0 atom stereocenters. The molecule has 0 amide bonds. The van der Waals surface area contributed by atoms with Gasteiger partial charge >= 0.3 is 0 Å². The fraction of sp³-hybridized carbons (Fsp3) is 0.238. The van der Waals surface area contributed by atoms with Crippen LogP contribution in [-0.2, 0) is 4.74 Å². The Bertz CT molecular complexity index is 905. The zero-order chi connectivity index (χ0) is 20.5. The van der Waals surface area contributed by atoms with Crippen molar-refractivity contribution in [3.05, 3.63) is 70.3 Å². The van der Waals surface area contributed by atoms with Crippen LogP contribution in [-0.4, -0.2) is 18.9 Å². The number of nitrogens with zero attached hydrogens (tertiary/aromatic N) is 1. The number of anilines is 1. The average Bonchev–Trinajstić information content (AvgIpc) is 2.65. The van der Waals surface area contributed by atoms with Gasteiger partial charge in [0.15, 0.2) is 5.76 Å². The lowest BCUT2D eigenvalue weighted by molar-refractivity contribution is 0.194. The van der Waals surface area contributed by atoms with Crippen molar-refractivity contribution >= 4 is 23.0 Å². The third-order valence-electron chi connectivity index (χ3n) is 3.72. The number of nitriles is 1. The molecule has 2 rings (SSSR count). The summed E-state index contributed by atoms with van der Waals surface area (Å²) in [5.74, 6) is 0.719. The van der Waals surface area contributed by atoms with Crippen LogP contribution in [0.4, 0.5) is 10.1 Å². The van der Waals surface area contributed by atoms with Gasteiger partial charge in [0.25, 0.3) is 0 Å².